The lowest BCUT2D eigenvalue weighted by Gasteiger charge is -2.25. The SMILES string of the molecule is CCOC(=O)c1cn(C2CC2)c2c(C=CC3C(NC(=O)OC(C)(C)C)CCN3C)c(F)c(F)cc2c1=O. The van der Waals surface area contributed by atoms with Crippen molar-refractivity contribution < 1.29 is 27.8 Å². The zero-order valence-electron chi connectivity index (χ0n) is 21.8. The predicted octanol–water partition coefficient (Wildman–Crippen LogP) is 4.40. The lowest BCUT2D eigenvalue weighted by molar-refractivity contribution is 0.0495. The highest BCUT2D eigenvalue weighted by Crippen LogP contribution is 2.39. The Labute approximate surface area is 214 Å². The van der Waals surface area contributed by atoms with Gasteiger partial charge in [0.2, 0.25) is 5.43 Å². The van der Waals surface area contributed by atoms with Gasteiger partial charge in [-0.1, -0.05) is 12.2 Å². The predicted molar refractivity (Wildman–Crippen MR) is 136 cm³/mol. The van der Waals surface area contributed by atoms with Crippen LogP contribution in [0.15, 0.2) is 23.1 Å². The Morgan fingerprint density at radius 3 is 2.54 bits per heavy atom. The summed E-state index contributed by atoms with van der Waals surface area (Å²) in [6.45, 7) is 7.71. The van der Waals surface area contributed by atoms with Gasteiger partial charge in [0, 0.05) is 30.4 Å². The fraction of sp³-hybridized carbons (Fsp3) is 0.519. The monoisotopic (exact) mass is 517 g/mol. The van der Waals surface area contributed by atoms with E-state index in [1.807, 2.05) is 11.9 Å². The van der Waals surface area contributed by atoms with E-state index in [4.69, 9.17) is 9.47 Å². The van der Waals surface area contributed by atoms with Crippen LogP contribution in [0.3, 0.4) is 0 Å². The van der Waals surface area contributed by atoms with Gasteiger partial charge in [-0.05, 0) is 60.1 Å². The summed E-state index contributed by atoms with van der Waals surface area (Å²) in [6, 6.07) is 0.190. The van der Waals surface area contributed by atoms with Gasteiger partial charge in [0.05, 0.1) is 23.6 Å². The van der Waals surface area contributed by atoms with Gasteiger partial charge in [0.25, 0.3) is 0 Å². The van der Waals surface area contributed by atoms with Crippen LogP contribution in [0, 0.1) is 11.6 Å². The van der Waals surface area contributed by atoms with Crippen LogP contribution in [-0.2, 0) is 9.47 Å². The molecule has 1 saturated carbocycles. The van der Waals surface area contributed by atoms with Crippen LogP contribution in [-0.4, -0.2) is 59.4 Å². The van der Waals surface area contributed by atoms with E-state index >= 15 is 4.39 Å². The smallest absolute Gasteiger partial charge is 0.407 e. The molecule has 0 radical (unpaired) electrons. The molecule has 1 aromatic heterocycles. The molecule has 2 heterocycles. The molecule has 1 saturated heterocycles. The van der Waals surface area contributed by atoms with Gasteiger partial charge in [0.1, 0.15) is 11.2 Å². The standard InChI is InChI=1S/C27H33F2N3O5/c1-6-36-25(34)18-14-32(15-7-8-15)23-16(22(29)19(28)13-17(23)24(18)33)9-10-21-20(11-12-31(21)5)30-26(35)37-27(2,3)4/h9-10,13-15,20-21H,6-8,11-12H2,1-5H3,(H,30,35). The van der Waals surface area contributed by atoms with Gasteiger partial charge < -0.3 is 19.4 Å². The number of amides is 1. The van der Waals surface area contributed by atoms with Gasteiger partial charge in [-0.25, -0.2) is 18.4 Å². The second kappa shape index (κ2) is 10.2. The Morgan fingerprint density at radius 1 is 1.22 bits per heavy atom. The first-order valence-corrected chi connectivity index (χ1v) is 12.5. The molecule has 8 nitrogen and oxygen atoms in total. The number of aromatic nitrogens is 1. The molecule has 1 N–H and O–H groups in total. The number of nitrogens with zero attached hydrogens (tertiary/aromatic N) is 2. The van der Waals surface area contributed by atoms with E-state index in [2.05, 4.69) is 5.32 Å². The normalized spacial score (nSPS) is 20.5. The summed E-state index contributed by atoms with van der Waals surface area (Å²) in [5, 5.41) is 2.78. The van der Waals surface area contributed by atoms with Crippen LogP contribution in [0.4, 0.5) is 13.6 Å². The molecular formula is C27H33F2N3O5. The van der Waals surface area contributed by atoms with Gasteiger partial charge in [-0.3, -0.25) is 9.69 Å². The highest BCUT2D eigenvalue weighted by molar-refractivity contribution is 5.96. The molecule has 2 aliphatic rings. The number of halogens is 2. The minimum absolute atomic E-state index is 0.0379. The van der Waals surface area contributed by atoms with Gasteiger partial charge in [-0.15, -0.1) is 0 Å². The first-order chi connectivity index (χ1) is 17.4. The summed E-state index contributed by atoms with van der Waals surface area (Å²) in [7, 11) is 1.87. The van der Waals surface area contributed by atoms with Crippen molar-refractivity contribution >= 4 is 29.0 Å². The van der Waals surface area contributed by atoms with Gasteiger partial charge in [-0.2, -0.15) is 0 Å². The molecule has 0 bridgehead atoms. The molecule has 1 aliphatic carbocycles. The van der Waals surface area contributed by atoms with Crippen molar-refractivity contribution in [2.45, 2.75) is 70.7 Å². The summed E-state index contributed by atoms with van der Waals surface area (Å²) in [6.07, 6.45) is 6.22. The third kappa shape index (κ3) is 5.69. The Balaban J connectivity index is 1.77. The number of carbonyl (C=O) groups excluding carboxylic acids is 2. The number of esters is 1. The largest absolute Gasteiger partial charge is 0.462 e. The number of likely N-dealkylation sites (tertiary alicyclic amines) is 1. The molecule has 1 aliphatic heterocycles. The Bertz CT molecular complexity index is 1310. The maximum Gasteiger partial charge on any atom is 0.407 e. The number of pyridine rings is 1. The fourth-order valence-corrected chi connectivity index (χ4v) is 4.70. The van der Waals surface area contributed by atoms with Crippen molar-refractivity contribution in [3.63, 3.8) is 0 Å². The molecule has 1 aromatic carbocycles. The first-order valence-electron chi connectivity index (χ1n) is 12.5. The highest BCUT2D eigenvalue weighted by atomic mass is 19.2. The molecule has 200 valence electrons. The van der Waals surface area contributed by atoms with E-state index in [0.717, 1.165) is 18.9 Å². The van der Waals surface area contributed by atoms with Crippen molar-refractivity contribution in [3.05, 3.63) is 51.3 Å². The van der Waals surface area contributed by atoms with Crippen LogP contribution in [0.25, 0.3) is 17.0 Å². The van der Waals surface area contributed by atoms with Crippen LogP contribution in [0.2, 0.25) is 0 Å². The molecular weight excluding hydrogens is 484 g/mol. The summed E-state index contributed by atoms with van der Waals surface area (Å²) < 4.78 is 42.0. The lowest BCUT2D eigenvalue weighted by atomic mass is 10.0. The maximum atomic E-state index is 15.2. The van der Waals surface area contributed by atoms with E-state index < -0.39 is 34.7 Å². The molecule has 2 unspecified atom stereocenters. The third-order valence-corrected chi connectivity index (χ3v) is 6.55. The number of carbonyl (C=O) groups is 2. The van der Waals surface area contributed by atoms with Gasteiger partial charge >= 0.3 is 12.1 Å². The number of nitrogens with one attached hydrogen (secondary N) is 1. The third-order valence-electron chi connectivity index (χ3n) is 6.55. The number of hydrogen-bond acceptors (Lipinski definition) is 6. The minimum Gasteiger partial charge on any atom is -0.462 e. The van der Waals surface area contributed by atoms with E-state index in [1.165, 1.54) is 12.3 Å². The average Bonchev–Trinajstić information content (AvgIpc) is 3.59. The highest BCUT2D eigenvalue weighted by Gasteiger charge is 2.33. The van der Waals surface area contributed by atoms with E-state index in [9.17, 15) is 18.8 Å². The van der Waals surface area contributed by atoms with Crippen molar-refractivity contribution in [1.29, 1.82) is 0 Å². The quantitative estimate of drug-likeness (QED) is 0.572. The topological polar surface area (TPSA) is 89.9 Å². The molecule has 37 heavy (non-hydrogen) atoms. The average molecular weight is 518 g/mol. The Kier molecular flexibility index (Phi) is 7.41. The second-order valence-corrected chi connectivity index (χ2v) is 10.6. The Morgan fingerprint density at radius 2 is 1.92 bits per heavy atom. The second-order valence-electron chi connectivity index (χ2n) is 10.6. The number of rotatable bonds is 6. The van der Waals surface area contributed by atoms with Crippen LogP contribution in [0.1, 0.15) is 68.9 Å². The van der Waals surface area contributed by atoms with Crippen molar-refractivity contribution in [1.82, 2.24) is 14.8 Å². The summed E-state index contributed by atoms with van der Waals surface area (Å²) >= 11 is 0. The number of hydrogen-bond donors (Lipinski definition) is 1. The van der Waals surface area contributed by atoms with E-state index in [-0.39, 0.29) is 46.8 Å². The summed E-state index contributed by atoms with van der Waals surface area (Å²) in [5.74, 6) is -3.07. The van der Waals surface area contributed by atoms with Crippen molar-refractivity contribution in [2.24, 2.45) is 0 Å². The van der Waals surface area contributed by atoms with Crippen molar-refractivity contribution in [3.8, 4) is 0 Å². The van der Waals surface area contributed by atoms with Crippen molar-refractivity contribution in [2.75, 3.05) is 20.2 Å². The fourth-order valence-electron chi connectivity index (χ4n) is 4.70. The molecule has 4 rings (SSSR count). The van der Waals surface area contributed by atoms with Crippen LogP contribution < -0.4 is 10.7 Å². The maximum absolute atomic E-state index is 15.2. The number of benzene rings is 1. The summed E-state index contributed by atoms with van der Waals surface area (Å²) in [5.41, 5.74) is -1.42. The zero-order chi connectivity index (χ0) is 27.1. The molecule has 1 amide bonds. The number of fused-ring (bicyclic) bond motifs is 1. The van der Waals surface area contributed by atoms with Crippen LogP contribution in [0.5, 0.6) is 0 Å². The van der Waals surface area contributed by atoms with Gasteiger partial charge in [0.15, 0.2) is 11.6 Å². The molecule has 2 fully saturated rings. The zero-order valence-corrected chi connectivity index (χ0v) is 21.8. The van der Waals surface area contributed by atoms with E-state index in [1.54, 1.807) is 38.3 Å². The molecule has 2 aromatic rings. The van der Waals surface area contributed by atoms with E-state index in [0.29, 0.717) is 13.0 Å². The number of alkyl carbamates (subject to hydrolysis) is 1. The number of likely N-dealkylation sites (N-methyl/N-ethyl adjacent to an activating group) is 1. The first kappa shape index (κ1) is 26.8. The molecule has 0 spiro atoms. The van der Waals surface area contributed by atoms with Crippen LogP contribution >= 0.6 is 0 Å². The minimum atomic E-state index is -1.18. The molecule has 10 heteroatoms. The summed E-state index contributed by atoms with van der Waals surface area (Å²) in [4.78, 5) is 39.9. The Hall–Kier alpha value is -3.27. The molecule has 2 atom stereocenters. The number of ether oxygens (including phenoxy) is 2. The lowest BCUT2D eigenvalue weighted by Crippen LogP contribution is -2.44.